The third-order valence-electron chi connectivity index (χ3n) is 1.19. The van der Waals surface area contributed by atoms with E-state index in [0.717, 1.165) is 6.42 Å². The summed E-state index contributed by atoms with van der Waals surface area (Å²) in [5.74, 6) is 0. The van der Waals surface area contributed by atoms with Crippen molar-refractivity contribution in [3.63, 3.8) is 0 Å². The van der Waals surface area contributed by atoms with Crippen LogP contribution in [0.5, 0.6) is 0 Å². The molecular formula is C5H8ClFO. The van der Waals surface area contributed by atoms with Crippen molar-refractivity contribution in [3.05, 3.63) is 0 Å². The number of halogens is 2. The highest BCUT2D eigenvalue weighted by atomic mass is 35.5. The second kappa shape index (κ2) is 2.65. The van der Waals surface area contributed by atoms with E-state index in [0.29, 0.717) is 13.0 Å². The van der Waals surface area contributed by atoms with Gasteiger partial charge in [-0.05, 0) is 12.8 Å². The van der Waals surface area contributed by atoms with Crippen LogP contribution in [-0.2, 0) is 4.74 Å². The first-order chi connectivity index (χ1) is 3.80. The first kappa shape index (κ1) is 6.30. The van der Waals surface area contributed by atoms with Gasteiger partial charge < -0.3 is 4.74 Å². The lowest BCUT2D eigenvalue weighted by Crippen LogP contribution is -2.25. The van der Waals surface area contributed by atoms with Crippen molar-refractivity contribution in [2.45, 2.75) is 24.6 Å². The van der Waals surface area contributed by atoms with Gasteiger partial charge in [-0.15, -0.1) is 0 Å². The fourth-order valence-corrected chi connectivity index (χ4v) is 0.925. The summed E-state index contributed by atoms with van der Waals surface area (Å²) in [7, 11) is 0. The van der Waals surface area contributed by atoms with Gasteiger partial charge in [-0.2, -0.15) is 0 Å². The van der Waals surface area contributed by atoms with Crippen LogP contribution < -0.4 is 0 Å². The zero-order valence-electron chi connectivity index (χ0n) is 4.44. The molecule has 8 heavy (non-hydrogen) atoms. The number of alkyl halides is 2. The molecule has 0 radical (unpaired) electrons. The quantitative estimate of drug-likeness (QED) is 0.463. The fraction of sp³-hybridized carbons (Fsp3) is 1.00. The second-order valence-corrected chi connectivity index (χ2v) is 2.31. The first-order valence-corrected chi connectivity index (χ1v) is 3.14. The predicted octanol–water partition coefficient (Wildman–Crippen LogP) is 1.70. The lowest BCUT2D eigenvalue weighted by Gasteiger charge is -2.20. The van der Waals surface area contributed by atoms with Crippen LogP contribution >= 0.6 is 11.6 Å². The molecule has 3 heteroatoms. The van der Waals surface area contributed by atoms with Crippen LogP contribution in [0.1, 0.15) is 12.8 Å². The van der Waals surface area contributed by atoms with Crippen LogP contribution in [0.2, 0.25) is 0 Å². The lowest BCUT2D eigenvalue weighted by atomic mass is 10.2. The maximum Gasteiger partial charge on any atom is 0.162 e. The summed E-state index contributed by atoms with van der Waals surface area (Å²) < 4.78 is 17.1. The maximum atomic E-state index is 12.3. The molecular weight excluding hydrogens is 131 g/mol. The van der Waals surface area contributed by atoms with Gasteiger partial charge in [0.1, 0.15) is 6.17 Å². The minimum absolute atomic E-state index is 0.550. The minimum atomic E-state index is -0.953. The largest absolute Gasteiger partial charge is 0.359 e. The van der Waals surface area contributed by atoms with Crippen molar-refractivity contribution in [2.75, 3.05) is 6.61 Å². The molecule has 0 aliphatic carbocycles. The molecule has 48 valence electrons. The average Bonchev–Trinajstić information content (AvgIpc) is 1.77. The number of ether oxygens (including phenoxy) is 1. The van der Waals surface area contributed by atoms with Gasteiger partial charge in [0.05, 0.1) is 0 Å². The molecule has 1 aliphatic heterocycles. The summed E-state index contributed by atoms with van der Waals surface area (Å²) in [4.78, 5) is 0. The second-order valence-electron chi connectivity index (χ2n) is 1.88. The number of hydrogen-bond donors (Lipinski definition) is 0. The Balaban J connectivity index is 2.28. The molecule has 0 saturated carbocycles. The number of hydrogen-bond acceptors (Lipinski definition) is 1. The molecule has 1 fully saturated rings. The molecule has 1 saturated heterocycles. The van der Waals surface area contributed by atoms with E-state index in [4.69, 9.17) is 16.3 Å². The maximum absolute atomic E-state index is 12.3. The van der Waals surface area contributed by atoms with Crippen LogP contribution in [0.15, 0.2) is 0 Å². The van der Waals surface area contributed by atoms with Crippen molar-refractivity contribution in [2.24, 2.45) is 0 Å². The summed E-state index contributed by atoms with van der Waals surface area (Å²) in [5, 5.41) is 0. The van der Waals surface area contributed by atoms with Crippen LogP contribution in [0.25, 0.3) is 0 Å². The van der Waals surface area contributed by atoms with E-state index in [1.807, 2.05) is 0 Å². The van der Waals surface area contributed by atoms with Crippen molar-refractivity contribution in [1.29, 1.82) is 0 Å². The highest BCUT2D eigenvalue weighted by Gasteiger charge is 2.22. The molecule has 0 aromatic rings. The van der Waals surface area contributed by atoms with Crippen molar-refractivity contribution in [1.82, 2.24) is 0 Å². The Kier molecular flexibility index (Phi) is 2.08. The molecule has 2 unspecified atom stereocenters. The smallest absolute Gasteiger partial charge is 0.162 e. The van der Waals surface area contributed by atoms with Gasteiger partial charge in [0.15, 0.2) is 5.56 Å². The SMILES string of the molecule is FC1CCCOC1Cl. The molecule has 1 heterocycles. The third-order valence-corrected chi connectivity index (χ3v) is 1.59. The summed E-state index contributed by atoms with van der Waals surface area (Å²) in [6, 6.07) is 0. The Labute approximate surface area is 52.8 Å². The van der Waals surface area contributed by atoms with E-state index in [9.17, 15) is 4.39 Å². The zero-order chi connectivity index (χ0) is 5.98. The first-order valence-electron chi connectivity index (χ1n) is 2.70. The average molecular weight is 139 g/mol. The molecule has 1 aliphatic rings. The van der Waals surface area contributed by atoms with Crippen LogP contribution in [0, 0.1) is 0 Å². The van der Waals surface area contributed by atoms with Crippen molar-refractivity contribution in [3.8, 4) is 0 Å². The van der Waals surface area contributed by atoms with Crippen molar-refractivity contribution >= 4 is 11.6 Å². The van der Waals surface area contributed by atoms with E-state index in [-0.39, 0.29) is 0 Å². The molecule has 0 bridgehead atoms. The van der Waals surface area contributed by atoms with Gasteiger partial charge in [-0.1, -0.05) is 11.6 Å². The third kappa shape index (κ3) is 1.33. The van der Waals surface area contributed by atoms with Crippen LogP contribution in [0.4, 0.5) is 4.39 Å². The van der Waals surface area contributed by atoms with E-state index in [1.54, 1.807) is 0 Å². The Morgan fingerprint density at radius 3 is 2.75 bits per heavy atom. The molecule has 0 aromatic heterocycles. The Morgan fingerprint density at radius 2 is 2.38 bits per heavy atom. The summed E-state index contributed by atoms with van der Waals surface area (Å²) >= 11 is 5.37. The van der Waals surface area contributed by atoms with Gasteiger partial charge in [-0.3, -0.25) is 0 Å². The van der Waals surface area contributed by atoms with Gasteiger partial charge in [-0.25, -0.2) is 4.39 Å². The summed E-state index contributed by atoms with van der Waals surface area (Å²) in [6.45, 7) is 0.606. The highest BCUT2D eigenvalue weighted by Crippen LogP contribution is 2.19. The predicted molar refractivity (Wildman–Crippen MR) is 29.7 cm³/mol. The van der Waals surface area contributed by atoms with E-state index < -0.39 is 11.7 Å². The monoisotopic (exact) mass is 138 g/mol. The highest BCUT2D eigenvalue weighted by molar-refractivity contribution is 6.20. The summed E-state index contributed by atoms with van der Waals surface area (Å²) in [6.07, 6.45) is 0.392. The van der Waals surface area contributed by atoms with Gasteiger partial charge in [0.2, 0.25) is 0 Å². The van der Waals surface area contributed by atoms with Crippen LogP contribution in [-0.4, -0.2) is 18.3 Å². The molecule has 0 N–H and O–H groups in total. The Bertz CT molecular complexity index is 68.8. The summed E-state index contributed by atoms with van der Waals surface area (Å²) in [5.41, 5.74) is -0.691. The van der Waals surface area contributed by atoms with E-state index in [1.165, 1.54) is 0 Å². The van der Waals surface area contributed by atoms with Gasteiger partial charge >= 0.3 is 0 Å². The Hall–Kier alpha value is 0.180. The van der Waals surface area contributed by atoms with Gasteiger partial charge in [0.25, 0.3) is 0 Å². The molecule has 0 spiro atoms. The normalized spacial score (nSPS) is 39.8. The zero-order valence-corrected chi connectivity index (χ0v) is 5.20. The standard InChI is InChI=1S/C5H8ClFO/c6-5-4(7)2-1-3-8-5/h4-5H,1-3H2. The minimum Gasteiger partial charge on any atom is -0.359 e. The molecule has 1 rings (SSSR count). The molecule has 0 amide bonds. The number of rotatable bonds is 0. The van der Waals surface area contributed by atoms with E-state index in [2.05, 4.69) is 0 Å². The van der Waals surface area contributed by atoms with Gasteiger partial charge in [0, 0.05) is 6.61 Å². The molecule has 2 atom stereocenters. The van der Waals surface area contributed by atoms with Crippen LogP contribution in [0.3, 0.4) is 0 Å². The molecule has 0 aromatic carbocycles. The Morgan fingerprint density at radius 1 is 1.62 bits per heavy atom. The lowest BCUT2D eigenvalue weighted by molar-refractivity contribution is 0.00876. The van der Waals surface area contributed by atoms with E-state index >= 15 is 0 Å². The van der Waals surface area contributed by atoms with Crippen molar-refractivity contribution < 1.29 is 9.13 Å². The topological polar surface area (TPSA) is 9.23 Å². The molecule has 1 nitrogen and oxygen atoms in total. The fourth-order valence-electron chi connectivity index (χ4n) is 0.710.